The predicted molar refractivity (Wildman–Crippen MR) is 136 cm³/mol. The van der Waals surface area contributed by atoms with E-state index in [1.807, 2.05) is 61.5 Å². The maximum absolute atomic E-state index is 12.3. The van der Waals surface area contributed by atoms with Gasteiger partial charge >= 0.3 is 11.9 Å². The topological polar surface area (TPSA) is 85.9 Å². The third kappa shape index (κ3) is 5.03. The van der Waals surface area contributed by atoms with Gasteiger partial charge in [0, 0.05) is 11.6 Å². The maximum Gasteiger partial charge on any atom is 0.309 e. The van der Waals surface area contributed by atoms with Gasteiger partial charge in [-0.25, -0.2) is 0 Å². The molecule has 2 aliphatic heterocycles. The Morgan fingerprint density at radius 1 is 0.917 bits per heavy atom. The molecule has 0 aromatic heterocycles. The molecule has 0 bridgehead atoms. The van der Waals surface area contributed by atoms with Crippen molar-refractivity contribution in [3.8, 4) is 11.5 Å². The van der Waals surface area contributed by atoms with E-state index in [0.29, 0.717) is 23.6 Å². The highest BCUT2D eigenvalue weighted by Crippen LogP contribution is 2.41. The number of ether oxygens (including phenoxy) is 3. The van der Waals surface area contributed by atoms with E-state index in [2.05, 4.69) is 10.6 Å². The Kier molecular flexibility index (Phi) is 6.85. The van der Waals surface area contributed by atoms with Crippen molar-refractivity contribution in [2.45, 2.75) is 38.0 Å². The third-order valence-electron chi connectivity index (χ3n) is 6.39. The maximum atomic E-state index is 12.3. The fourth-order valence-corrected chi connectivity index (χ4v) is 4.81. The molecule has 5 rings (SSSR count). The zero-order valence-corrected chi connectivity index (χ0v) is 20.6. The van der Waals surface area contributed by atoms with E-state index in [9.17, 15) is 9.59 Å². The summed E-state index contributed by atoms with van der Waals surface area (Å²) in [7, 11) is 0. The Hall–Kier alpha value is -3.55. The summed E-state index contributed by atoms with van der Waals surface area (Å²) in [6, 6.07) is 20.9. The number of halogens is 1. The zero-order valence-electron chi connectivity index (χ0n) is 19.9. The van der Waals surface area contributed by atoms with Crippen LogP contribution in [0.2, 0.25) is 5.02 Å². The van der Waals surface area contributed by atoms with E-state index in [4.69, 9.17) is 25.8 Å². The molecule has 8 heteroatoms. The molecule has 1 fully saturated rings. The summed E-state index contributed by atoms with van der Waals surface area (Å²) in [4.78, 5) is 24.7. The Balaban J connectivity index is 1.42. The second kappa shape index (κ2) is 10.2. The Morgan fingerprint density at radius 3 is 2.28 bits per heavy atom. The first-order valence-corrected chi connectivity index (χ1v) is 12.4. The van der Waals surface area contributed by atoms with Crippen LogP contribution < -0.4 is 15.4 Å². The molecule has 3 aromatic rings. The van der Waals surface area contributed by atoms with Crippen molar-refractivity contribution in [1.29, 1.82) is 0 Å². The van der Waals surface area contributed by atoms with Crippen LogP contribution in [0, 0.1) is 0 Å². The molecule has 1 unspecified atom stereocenters. The minimum atomic E-state index is -1.52. The lowest BCUT2D eigenvalue weighted by molar-refractivity contribution is -0.225. The first kappa shape index (κ1) is 24.2. The molecule has 186 valence electrons. The molecule has 0 aliphatic carbocycles. The van der Waals surface area contributed by atoms with Crippen molar-refractivity contribution >= 4 is 29.2 Å². The monoisotopic (exact) mass is 506 g/mol. The van der Waals surface area contributed by atoms with Crippen LogP contribution in [0.3, 0.4) is 0 Å². The van der Waals surface area contributed by atoms with Gasteiger partial charge in [0.1, 0.15) is 11.5 Å². The lowest BCUT2D eigenvalue weighted by atomic mass is 9.95. The number of carbonyl (C=O) groups is 2. The van der Waals surface area contributed by atoms with E-state index in [1.54, 1.807) is 12.1 Å². The van der Waals surface area contributed by atoms with Crippen molar-refractivity contribution in [3.05, 3.63) is 88.4 Å². The van der Waals surface area contributed by atoms with Crippen molar-refractivity contribution in [1.82, 2.24) is 5.32 Å². The van der Waals surface area contributed by atoms with Gasteiger partial charge in [-0.05, 0) is 67.4 Å². The lowest BCUT2D eigenvalue weighted by Crippen LogP contribution is -2.43. The number of anilines is 1. The quantitative estimate of drug-likeness (QED) is 0.443. The summed E-state index contributed by atoms with van der Waals surface area (Å²) in [5, 5.41) is 7.31. The number of esters is 2. The highest BCUT2D eigenvalue weighted by molar-refractivity contribution is 6.33. The summed E-state index contributed by atoms with van der Waals surface area (Å²) in [6.45, 7) is 2.83. The fourth-order valence-electron chi connectivity index (χ4n) is 4.58. The van der Waals surface area contributed by atoms with Crippen LogP contribution in [0.25, 0.3) is 0 Å². The summed E-state index contributed by atoms with van der Waals surface area (Å²) in [5.41, 5.74) is 3.25. The standard InChI is InChI=1S/C28H27ClN2O5/c1-18(19-7-9-21(10-8-19)34-20-5-3-2-4-6-20)31-27-22-15-16-30-17-28(23(22)11-12-24(27)29)35-25(32)13-14-26(33)36-28/h2-12,18,30-31H,13-17H2,1H3. The predicted octanol–water partition coefficient (Wildman–Crippen LogP) is 5.48. The van der Waals surface area contributed by atoms with Gasteiger partial charge in [0.15, 0.2) is 0 Å². The zero-order chi connectivity index (χ0) is 25.1. The summed E-state index contributed by atoms with van der Waals surface area (Å²) in [6.07, 6.45) is 0.608. The van der Waals surface area contributed by atoms with Gasteiger partial charge in [-0.2, -0.15) is 0 Å². The number of hydrogen-bond acceptors (Lipinski definition) is 7. The van der Waals surface area contributed by atoms with Crippen molar-refractivity contribution < 1.29 is 23.8 Å². The van der Waals surface area contributed by atoms with E-state index >= 15 is 0 Å². The smallest absolute Gasteiger partial charge is 0.309 e. The molecule has 0 saturated carbocycles. The number of fused-ring (bicyclic) bond motifs is 2. The van der Waals surface area contributed by atoms with E-state index < -0.39 is 17.7 Å². The highest BCUT2D eigenvalue weighted by Gasteiger charge is 2.46. The first-order chi connectivity index (χ1) is 17.4. The SMILES string of the molecule is CC(Nc1c(Cl)ccc2c1CCNCC21OC(=O)CCC(=O)O1)c1ccc(Oc2ccccc2)cc1. The molecule has 1 saturated heterocycles. The molecule has 7 nitrogen and oxygen atoms in total. The summed E-state index contributed by atoms with van der Waals surface area (Å²) < 4.78 is 17.4. The number of hydrogen-bond donors (Lipinski definition) is 2. The van der Waals surface area contributed by atoms with Crippen molar-refractivity contribution in [2.75, 3.05) is 18.4 Å². The highest BCUT2D eigenvalue weighted by atomic mass is 35.5. The van der Waals surface area contributed by atoms with Gasteiger partial charge in [-0.15, -0.1) is 0 Å². The second-order valence-corrected chi connectivity index (χ2v) is 9.33. The van der Waals surface area contributed by atoms with Gasteiger partial charge < -0.3 is 24.8 Å². The molecule has 1 spiro atoms. The molecule has 3 aromatic carbocycles. The van der Waals surface area contributed by atoms with Crippen LogP contribution in [-0.2, 0) is 31.3 Å². The third-order valence-corrected chi connectivity index (χ3v) is 6.71. The van der Waals surface area contributed by atoms with E-state index in [1.165, 1.54) is 0 Å². The van der Waals surface area contributed by atoms with Crippen LogP contribution in [0.1, 0.15) is 42.5 Å². The summed E-state index contributed by atoms with van der Waals surface area (Å²) >= 11 is 6.66. The fraction of sp³-hybridized carbons (Fsp3) is 0.286. The Bertz CT molecular complexity index is 1240. The largest absolute Gasteiger partial charge is 0.457 e. The van der Waals surface area contributed by atoms with Crippen LogP contribution in [0.15, 0.2) is 66.7 Å². The lowest BCUT2D eigenvalue weighted by Gasteiger charge is -2.32. The molecule has 2 N–H and O–H groups in total. The first-order valence-electron chi connectivity index (χ1n) is 12.0. The van der Waals surface area contributed by atoms with E-state index in [-0.39, 0.29) is 25.4 Å². The Labute approximate surface area is 214 Å². The van der Waals surface area contributed by atoms with Gasteiger partial charge in [0.25, 0.3) is 5.79 Å². The average molecular weight is 507 g/mol. The average Bonchev–Trinajstić information content (AvgIpc) is 3.14. The molecular formula is C28H27ClN2O5. The van der Waals surface area contributed by atoms with E-state index in [0.717, 1.165) is 28.3 Å². The number of para-hydroxylation sites is 1. The molecule has 1 atom stereocenters. The summed E-state index contributed by atoms with van der Waals surface area (Å²) in [5.74, 6) is -0.930. The number of benzene rings is 3. The van der Waals surface area contributed by atoms with Crippen LogP contribution in [0.4, 0.5) is 5.69 Å². The van der Waals surface area contributed by atoms with Gasteiger partial charge in [0.05, 0.1) is 30.1 Å². The van der Waals surface area contributed by atoms with Gasteiger partial charge in [-0.1, -0.05) is 41.9 Å². The number of rotatable bonds is 5. The Morgan fingerprint density at radius 2 is 1.58 bits per heavy atom. The number of nitrogens with one attached hydrogen (secondary N) is 2. The molecule has 0 radical (unpaired) electrons. The molecule has 36 heavy (non-hydrogen) atoms. The number of carbonyl (C=O) groups excluding carboxylic acids is 2. The molecule has 2 heterocycles. The van der Waals surface area contributed by atoms with Gasteiger partial charge in [-0.3, -0.25) is 9.59 Å². The molecular weight excluding hydrogens is 480 g/mol. The normalized spacial score (nSPS) is 17.7. The second-order valence-electron chi connectivity index (χ2n) is 8.93. The minimum Gasteiger partial charge on any atom is -0.457 e. The van der Waals surface area contributed by atoms with Crippen molar-refractivity contribution in [3.63, 3.8) is 0 Å². The van der Waals surface area contributed by atoms with Gasteiger partial charge in [0.2, 0.25) is 0 Å². The van der Waals surface area contributed by atoms with Crippen LogP contribution in [0.5, 0.6) is 11.5 Å². The van der Waals surface area contributed by atoms with Crippen molar-refractivity contribution in [2.24, 2.45) is 0 Å². The van der Waals surface area contributed by atoms with Crippen LogP contribution in [-0.4, -0.2) is 25.0 Å². The molecule has 2 aliphatic rings. The molecule has 0 amide bonds. The minimum absolute atomic E-state index is 0.00434. The van der Waals surface area contributed by atoms with Crippen LogP contribution >= 0.6 is 11.6 Å².